The maximum absolute atomic E-state index is 12.1. The minimum Gasteiger partial charge on any atom is -0.496 e. The van der Waals surface area contributed by atoms with Crippen LogP contribution in [0.15, 0.2) is 24.4 Å². The zero-order chi connectivity index (χ0) is 15.6. The van der Waals surface area contributed by atoms with Gasteiger partial charge < -0.3 is 10.1 Å². The Bertz CT molecular complexity index is 713. The molecule has 0 atom stereocenters. The number of nitrogens with zero attached hydrogens (tertiary/aromatic N) is 3. The number of nitro benzene ring substituents is 1. The van der Waals surface area contributed by atoms with E-state index in [1.54, 1.807) is 13.2 Å². The molecule has 0 aliphatic rings. The third-order valence-electron chi connectivity index (χ3n) is 2.65. The number of hydrogen-bond acceptors (Lipinski definition) is 5. The third kappa shape index (κ3) is 3.29. The molecule has 1 aromatic heterocycles. The van der Waals surface area contributed by atoms with Crippen LogP contribution in [-0.4, -0.2) is 27.7 Å². The Morgan fingerprint density at radius 3 is 2.76 bits per heavy atom. The highest BCUT2D eigenvalue weighted by Gasteiger charge is 2.20. The highest BCUT2D eigenvalue weighted by molar-refractivity contribution is 14.1. The number of aryl methyl sites for hydroxylation is 1. The summed E-state index contributed by atoms with van der Waals surface area (Å²) < 4.78 is 7.09. The second-order valence-electron chi connectivity index (χ2n) is 4.09. The second kappa shape index (κ2) is 6.08. The van der Waals surface area contributed by atoms with Gasteiger partial charge in [0.2, 0.25) is 0 Å². The van der Waals surface area contributed by atoms with Crippen LogP contribution in [0.4, 0.5) is 11.4 Å². The van der Waals surface area contributed by atoms with Gasteiger partial charge in [0.05, 0.1) is 21.7 Å². The fraction of sp³-hybridized carbons (Fsp3) is 0.167. The number of methoxy groups -OCH3 is 1. The zero-order valence-electron chi connectivity index (χ0n) is 11.2. The Labute approximate surface area is 133 Å². The van der Waals surface area contributed by atoms with Crippen LogP contribution in [0, 0.1) is 13.7 Å². The first-order chi connectivity index (χ1) is 9.92. The van der Waals surface area contributed by atoms with E-state index in [1.165, 1.54) is 30.0 Å². The van der Waals surface area contributed by atoms with Crippen molar-refractivity contribution in [3.63, 3.8) is 0 Å². The summed E-state index contributed by atoms with van der Waals surface area (Å²) in [4.78, 5) is 22.6. The third-order valence-corrected chi connectivity index (χ3v) is 3.44. The first-order valence-electron chi connectivity index (χ1n) is 5.75. The Morgan fingerprint density at radius 1 is 1.52 bits per heavy atom. The maximum Gasteiger partial charge on any atom is 0.296 e. The number of hydrogen-bond donors (Lipinski definition) is 1. The van der Waals surface area contributed by atoms with Crippen LogP contribution in [0.25, 0.3) is 0 Å². The Hall–Kier alpha value is -2.17. The first-order valence-corrected chi connectivity index (χ1v) is 6.83. The number of aromatic nitrogens is 2. The molecule has 0 saturated carbocycles. The minimum atomic E-state index is -0.582. The molecule has 110 valence electrons. The number of nitro groups is 1. The van der Waals surface area contributed by atoms with Gasteiger partial charge in [0.15, 0.2) is 5.69 Å². The van der Waals surface area contributed by atoms with Crippen molar-refractivity contribution in [3.05, 3.63) is 43.8 Å². The number of nitrogens with one attached hydrogen (secondary N) is 1. The summed E-state index contributed by atoms with van der Waals surface area (Å²) in [6.07, 6.45) is 1.68. The van der Waals surface area contributed by atoms with Crippen molar-refractivity contribution >= 4 is 39.9 Å². The lowest BCUT2D eigenvalue weighted by Gasteiger charge is -2.06. The van der Waals surface area contributed by atoms with E-state index in [4.69, 9.17) is 4.74 Å². The van der Waals surface area contributed by atoms with E-state index in [-0.39, 0.29) is 17.1 Å². The lowest BCUT2D eigenvalue weighted by molar-refractivity contribution is -0.384. The second-order valence-corrected chi connectivity index (χ2v) is 5.26. The molecule has 1 amide bonds. The summed E-state index contributed by atoms with van der Waals surface area (Å²) >= 11 is 1.97. The van der Waals surface area contributed by atoms with Gasteiger partial charge >= 0.3 is 0 Å². The molecule has 9 heteroatoms. The van der Waals surface area contributed by atoms with Crippen molar-refractivity contribution in [2.75, 3.05) is 12.4 Å². The summed E-state index contributed by atoms with van der Waals surface area (Å²) in [5.74, 6) is -0.166. The van der Waals surface area contributed by atoms with E-state index in [2.05, 4.69) is 10.4 Å². The summed E-state index contributed by atoms with van der Waals surface area (Å²) in [7, 11) is 3.10. The van der Waals surface area contributed by atoms with Crippen molar-refractivity contribution in [2.45, 2.75) is 0 Å². The van der Waals surface area contributed by atoms with E-state index in [0.717, 1.165) is 0 Å². The molecule has 8 nitrogen and oxygen atoms in total. The van der Waals surface area contributed by atoms with Crippen molar-refractivity contribution in [2.24, 2.45) is 7.05 Å². The molecule has 0 aliphatic heterocycles. The van der Waals surface area contributed by atoms with E-state index >= 15 is 0 Å². The van der Waals surface area contributed by atoms with E-state index in [1.807, 2.05) is 22.6 Å². The fourth-order valence-electron chi connectivity index (χ4n) is 1.69. The monoisotopic (exact) mass is 402 g/mol. The lowest BCUT2D eigenvalue weighted by Crippen LogP contribution is -2.15. The lowest BCUT2D eigenvalue weighted by atomic mass is 10.2. The molecule has 1 N–H and O–H groups in total. The Kier molecular flexibility index (Phi) is 4.40. The van der Waals surface area contributed by atoms with E-state index in [0.29, 0.717) is 9.32 Å². The SMILES string of the molecule is COc1ccc(NC(=O)c2nn(C)cc2I)c([N+](=O)[O-])c1. The zero-order valence-corrected chi connectivity index (χ0v) is 13.3. The molecule has 0 saturated heterocycles. The van der Waals surface area contributed by atoms with Gasteiger partial charge in [0, 0.05) is 13.2 Å². The molecule has 0 bridgehead atoms. The van der Waals surface area contributed by atoms with Crippen LogP contribution >= 0.6 is 22.6 Å². The predicted octanol–water partition coefficient (Wildman–Crippen LogP) is 2.19. The van der Waals surface area contributed by atoms with Crippen LogP contribution < -0.4 is 10.1 Å². The molecule has 1 aromatic carbocycles. The number of rotatable bonds is 4. The molecule has 0 spiro atoms. The fourth-order valence-corrected chi connectivity index (χ4v) is 2.45. The van der Waals surface area contributed by atoms with Crippen LogP contribution in [0.3, 0.4) is 0 Å². The molecule has 0 aliphatic carbocycles. The highest BCUT2D eigenvalue weighted by Crippen LogP contribution is 2.29. The van der Waals surface area contributed by atoms with Crippen LogP contribution in [-0.2, 0) is 7.05 Å². The minimum absolute atomic E-state index is 0.0900. The van der Waals surface area contributed by atoms with Crippen LogP contribution in [0.5, 0.6) is 5.75 Å². The Balaban J connectivity index is 2.33. The summed E-state index contributed by atoms with van der Waals surface area (Å²) in [5.41, 5.74) is 0.0594. The molecular formula is C12H11IN4O4. The van der Waals surface area contributed by atoms with Gasteiger partial charge in [-0.25, -0.2) is 0 Å². The van der Waals surface area contributed by atoms with Crippen molar-refractivity contribution in [1.82, 2.24) is 9.78 Å². The quantitative estimate of drug-likeness (QED) is 0.480. The van der Waals surface area contributed by atoms with Gasteiger partial charge in [-0.2, -0.15) is 5.10 Å². The number of ether oxygens (including phenoxy) is 1. The van der Waals surface area contributed by atoms with Crippen molar-refractivity contribution in [1.29, 1.82) is 0 Å². The molecule has 0 unspecified atom stereocenters. The van der Waals surface area contributed by atoms with Crippen molar-refractivity contribution < 1.29 is 14.5 Å². The molecule has 2 rings (SSSR count). The molecule has 0 fully saturated rings. The van der Waals surface area contributed by atoms with Gasteiger partial charge in [0.1, 0.15) is 11.4 Å². The van der Waals surface area contributed by atoms with Gasteiger partial charge in [0.25, 0.3) is 11.6 Å². The molecular weight excluding hydrogens is 391 g/mol. The van der Waals surface area contributed by atoms with Gasteiger partial charge in [-0.1, -0.05) is 0 Å². The number of carbonyl (C=O) groups excluding carboxylic acids is 1. The van der Waals surface area contributed by atoms with E-state index < -0.39 is 10.8 Å². The predicted molar refractivity (Wildman–Crippen MR) is 83.5 cm³/mol. The summed E-state index contributed by atoms with van der Waals surface area (Å²) in [6, 6.07) is 4.20. The average molecular weight is 402 g/mol. The number of halogens is 1. The maximum atomic E-state index is 12.1. The van der Waals surface area contributed by atoms with Gasteiger partial charge in [-0.3, -0.25) is 19.6 Å². The molecule has 0 radical (unpaired) electrons. The number of carbonyl (C=O) groups is 1. The van der Waals surface area contributed by atoms with Gasteiger partial charge in [-0.05, 0) is 34.7 Å². The largest absolute Gasteiger partial charge is 0.496 e. The number of anilines is 1. The normalized spacial score (nSPS) is 10.2. The number of amides is 1. The number of benzene rings is 1. The smallest absolute Gasteiger partial charge is 0.296 e. The molecule has 21 heavy (non-hydrogen) atoms. The van der Waals surface area contributed by atoms with Crippen LogP contribution in [0.1, 0.15) is 10.5 Å². The van der Waals surface area contributed by atoms with Gasteiger partial charge in [-0.15, -0.1) is 0 Å². The topological polar surface area (TPSA) is 99.3 Å². The van der Waals surface area contributed by atoms with Crippen LogP contribution in [0.2, 0.25) is 0 Å². The summed E-state index contributed by atoms with van der Waals surface area (Å²) in [5, 5.41) is 17.6. The first kappa shape index (κ1) is 15.2. The average Bonchev–Trinajstić information content (AvgIpc) is 2.78. The van der Waals surface area contributed by atoms with E-state index in [9.17, 15) is 14.9 Å². The summed E-state index contributed by atoms with van der Waals surface area (Å²) in [6.45, 7) is 0. The standard InChI is InChI=1S/C12H11IN4O4/c1-16-6-8(13)11(15-16)12(18)14-9-4-3-7(21-2)5-10(9)17(19)20/h3-6H,1-2H3,(H,14,18). The molecule has 2 aromatic rings. The molecule has 1 heterocycles. The highest BCUT2D eigenvalue weighted by atomic mass is 127. The van der Waals surface area contributed by atoms with Crippen molar-refractivity contribution in [3.8, 4) is 5.75 Å². The Morgan fingerprint density at radius 2 is 2.24 bits per heavy atom.